The second kappa shape index (κ2) is 9.35. The first kappa shape index (κ1) is 19.9. The summed E-state index contributed by atoms with van der Waals surface area (Å²) in [6.45, 7) is 3.57. The second-order valence-electron chi connectivity index (χ2n) is 6.94. The summed E-state index contributed by atoms with van der Waals surface area (Å²) in [7, 11) is 0. The highest BCUT2D eigenvalue weighted by atomic mass is 16.3. The Kier molecular flexibility index (Phi) is 7.46. The van der Waals surface area contributed by atoms with Crippen molar-refractivity contribution in [3.8, 4) is 11.8 Å². The van der Waals surface area contributed by atoms with Crippen LogP contribution in [0.1, 0.15) is 44.6 Å². The van der Waals surface area contributed by atoms with E-state index in [2.05, 4.69) is 18.8 Å². The van der Waals surface area contributed by atoms with Gasteiger partial charge in [-0.15, -0.1) is 0 Å². The summed E-state index contributed by atoms with van der Waals surface area (Å²) in [5.74, 6) is 6.33. The Morgan fingerprint density at radius 2 is 1.68 bits per heavy atom. The molecule has 4 nitrogen and oxygen atoms in total. The second-order valence-corrected chi connectivity index (χ2v) is 6.94. The van der Waals surface area contributed by atoms with Crippen LogP contribution in [0, 0.1) is 17.3 Å². The SMILES string of the molecule is CCC1([C@](O)(C#CCN(CCO)CCO)c2ccccc2)CCCC1. The van der Waals surface area contributed by atoms with E-state index in [4.69, 9.17) is 10.2 Å². The summed E-state index contributed by atoms with van der Waals surface area (Å²) in [6.07, 6.45) is 5.13. The van der Waals surface area contributed by atoms with E-state index in [-0.39, 0.29) is 18.6 Å². The zero-order valence-electron chi connectivity index (χ0n) is 15.2. The van der Waals surface area contributed by atoms with E-state index < -0.39 is 5.60 Å². The molecule has 1 aliphatic rings. The highest BCUT2D eigenvalue weighted by Crippen LogP contribution is 2.53. The van der Waals surface area contributed by atoms with Crippen molar-refractivity contribution in [2.24, 2.45) is 5.41 Å². The van der Waals surface area contributed by atoms with Crippen LogP contribution in [0.15, 0.2) is 30.3 Å². The smallest absolute Gasteiger partial charge is 0.156 e. The summed E-state index contributed by atoms with van der Waals surface area (Å²) in [5, 5.41) is 30.0. The molecule has 0 aromatic heterocycles. The van der Waals surface area contributed by atoms with Crippen LogP contribution < -0.4 is 0 Å². The lowest BCUT2D eigenvalue weighted by molar-refractivity contribution is -0.0422. The summed E-state index contributed by atoms with van der Waals surface area (Å²) in [6, 6.07) is 9.77. The van der Waals surface area contributed by atoms with Gasteiger partial charge >= 0.3 is 0 Å². The van der Waals surface area contributed by atoms with Crippen LogP contribution >= 0.6 is 0 Å². The number of nitrogens with zero attached hydrogens (tertiary/aromatic N) is 1. The van der Waals surface area contributed by atoms with Crippen molar-refractivity contribution in [2.75, 3.05) is 32.8 Å². The molecule has 0 amide bonds. The fourth-order valence-corrected chi connectivity index (χ4v) is 4.05. The van der Waals surface area contributed by atoms with E-state index in [0.717, 1.165) is 37.7 Å². The summed E-state index contributed by atoms with van der Waals surface area (Å²) >= 11 is 0. The van der Waals surface area contributed by atoms with Gasteiger partial charge in [-0.1, -0.05) is 61.9 Å². The molecule has 1 aliphatic carbocycles. The van der Waals surface area contributed by atoms with Gasteiger partial charge in [-0.2, -0.15) is 0 Å². The van der Waals surface area contributed by atoms with Crippen molar-refractivity contribution in [1.82, 2.24) is 4.90 Å². The van der Waals surface area contributed by atoms with Crippen molar-refractivity contribution in [3.63, 3.8) is 0 Å². The third kappa shape index (κ3) is 4.43. The van der Waals surface area contributed by atoms with Gasteiger partial charge in [-0.3, -0.25) is 4.90 Å². The van der Waals surface area contributed by atoms with Gasteiger partial charge in [0.15, 0.2) is 5.60 Å². The molecular formula is C21H31NO3. The van der Waals surface area contributed by atoms with Gasteiger partial charge in [0.05, 0.1) is 19.8 Å². The molecule has 1 aromatic carbocycles. The van der Waals surface area contributed by atoms with Gasteiger partial charge < -0.3 is 15.3 Å². The van der Waals surface area contributed by atoms with Crippen molar-refractivity contribution < 1.29 is 15.3 Å². The standard InChI is InChI=1S/C21H31NO3/c1-2-20(11-6-7-12-20)21(25,19-9-4-3-5-10-19)13-8-14-22(15-17-23)16-18-24/h3-5,9-10,23-25H,2,6-7,11-12,14-18H2,1H3/t21-/m0/s1. The van der Waals surface area contributed by atoms with Crippen molar-refractivity contribution in [2.45, 2.75) is 44.6 Å². The van der Waals surface area contributed by atoms with Crippen LogP contribution in [0.4, 0.5) is 0 Å². The number of benzene rings is 1. The molecule has 1 atom stereocenters. The van der Waals surface area contributed by atoms with E-state index in [1.54, 1.807) is 0 Å². The minimum absolute atomic E-state index is 0.0313. The monoisotopic (exact) mass is 345 g/mol. The first-order valence-electron chi connectivity index (χ1n) is 9.34. The van der Waals surface area contributed by atoms with E-state index in [9.17, 15) is 5.11 Å². The number of hydrogen-bond donors (Lipinski definition) is 3. The van der Waals surface area contributed by atoms with Crippen molar-refractivity contribution in [1.29, 1.82) is 0 Å². The van der Waals surface area contributed by atoms with E-state index in [0.29, 0.717) is 19.6 Å². The van der Waals surface area contributed by atoms with Crippen LogP contribution in [-0.2, 0) is 5.60 Å². The third-order valence-corrected chi connectivity index (χ3v) is 5.60. The lowest BCUT2D eigenvalue weighted by Gasteiger charge is -2.42. The molecule has 1 aromatic rings. The Balaban J connectivity index is 2.32. The number of hydrogen-bond acceptors (Lipinski definition) is 4. The van der Waals surface area contributed by atoms with E-state index in [1.165, 1.54) is 0 Å². The zero-order chi connectivity index (χ0) is 18.2. The molecule has 0 radical (unpaired) electrons. The van der Waals surface area contributed by atoms with Crippen LogP contribution in [0.2, 0.25) is 0 Å². The maximum Gasteiger partial charge on any atom is 0.156 e. The minimum atomic E-state index is -1.16. The van der Waals surface area contributed by atoms with Gasteiger partial charge in [0.25, 0.3) is 0 Å². The van der Waals surface area contributed by atoms with Crippen molar-refractivity contribution >= 4 is 0 Å². The largest absolute Gasteiger partial charge is 0.395 e. The highest BCUT2D eigenvalue weighted by molar-refractivity contribution is 5.36. The summed E-state index contributed by atoms with van der Waals surface area (Å²) < 4.78 is 0. The Morgan fingerprint density at radius 3 is 2.20 bits per heavy atom. The fourth-order valence-electron chi connectivity index (χ4n) is 4.05. The summed E-state index contributed by atoms with van der Waals surface area (Å²) in [5.41, 5.74) is -0.508. The molecule has 25 heavy (non-hydrogen) atoms. The average molecular weight is 345 g/mol. The maximum atomic E-state index is 11.7. The average Bonchev–Trinajstić information content (AvgIpc) is 3.13. The third-order valence-electron chi connectivity index (χ3n) is 5.60. The van der Waals surface area contributed by atoms with Crippen LogP contribution in [0.5, 0.6) is 0 Å². The Bertz CT molecular complexity index is 566. The molecular weight excluding hydrogens is 314 g/mol. The van der Waals surface area contributed by atoms with Gasteiger partial charge in [0.2, 0.25) is 0 Å². The Hall–Kier alpha value is -1.38. The topological polar surface area (TPSA) is 63.9 Å². The van der Waals surface area contributed by atoms with Crippen molar-refractivity contribution in [3.05, 3.63) is 35.9 Å². The van der Waals surface area contributed by atoms with E-state index >= 15 is 0 Å². The van der Waals surface area contributed by atoms with E-state index in [1.807, 2.05) is 35.2 Å². The molecule has 4 heteroatoms. The molecule has 1 fully saturated rings. The Labute approximate surface area is 151 Å². The lowest BCUT2D eigenvalue weighted by Crippen LogP contribution is -2.43. The minimum Gasteiger partial charge on any atom is -0.395 e. The molecule has 138 valence electrons. The van der Waals surface area contributed by atoms with Gasteiger partial charge in [0, 0.05) is 18.5 Å². The molecule has 0 aliphatic heterocycles. The number of aliphatic hydroxyl groups is 3. The molecule has 0 spiro atoms. The molecule has 3 N–H and O–H groups in total. The van der Waals surface area contributed by atoms with Gasteiger partial charge in [0.1, 0.15) is 0 Å². The van der Waals surface area contributed by atoms with Crippen LogP contribution in [-0.4, -0.2) is 53.1 Å². The maximum absolute atomic E-state index is 11.7. The van der Waals surface area contributed by atoms with Gasteiger partial charge in [-0.05, 0) is 24.8 Å². The molecule has 0 heterocycles. The molecule has 2 rings (SSSR count). The molecule has 0 unspecified atom stereocenters. The normalized spacial score (nSPS) is 18.6. The first-order chi connectivity index (χ1) is 12.1. The highest BCUT2D eigenvalue weighted by Gasteiger charge is 2.50. The molecule has 0 saturated heterocycles. The Morgan fingerprint density at radius 1 is 1.08 bits per heavy atom. The number of rotatable bonds is 8. The summed E-state index contributed by atoms with van der Waals surface area (Å²) in [4.78, 5) is 1.89. The zero-order valence-corrected chi connectivity index (χ0v) is 15.2. The fraction of sp³-hybridized carbons (Fsp3) is 0.619. The molecule has 0 bridgehead atoms. The van der Waals surface area contributed by atoms with Crippen LogP contribution in [0.3, 0.4) is 0 Å². The quantitative estimate of drug-likeness (QED) is 0.632. The first-order valence-corrected chi connectivity index (χ1v) is 9.34. The predicted octanol–water partition coefficient (Wildman–Crippen LogP) is 2.13. The number of aliphatic hydroxyl groups excluding tert-OH is 2. The van der Waals surface area contributed by atoms with Gasteiger partial charge in [-0.25, -0.2) is 0 Å². The molecule has 1 saturated carbocycles. The van der Waals surface area contributed by atoms with Crippen LogP contribution in [0.25, 0.3) is 0 Å². The lowest BCUT2D eigenvalue weighted by atomic mass is 9.65. The predicted molar refractivity (Wildman–Crippen MR) is 99.9 cm³/mol.